The number of halogens is 1. The molecule has 3 aromatic carbocycles. The van der Waals surface area contributed by atoms with Crippen molar-refractivity contribution in [3.63, 3.8) is 0 Å². The van der Waals surface area contributed by atoms with Gasteiger partial charge in [-0.1, -0.05) is 49.7 Å². The lowest BCUT2D eigenvalue weighted by Gasteiger charge is -2.10. The Morgan fingerprint density at radius 3 is 2.65 bits per heavy atom. The molecular formula is C25H21BrO5. The number of ketones is 1. The number of rotatable bonds is 8. The summed E-state index contributed by atoms with van der Waals surface area (Å²) in [5.41, 5.74) is 2.13. The largest absolute Gasteiger partial charge is 0.481 e. The maximum Gasteiger partial charge on any atom is 0.341 e. The molecule has 5 nitrogen and oxygen atoms in total. The van der Waals surface area contributed by atoms with Crippen LogP contribution >= 0.6 is 15.9 Å². The van der Waals surface area contributed by atoms with Crippen LogP contribution in [0, 0.1) is 0 Å². The number of hydrogen-bond donors (Lipinski definition) is 1. The van der Waals surface area contributed by atoms with Gasteiger partial charge in [-0.05, 0) is 51.3 Å². The van der Waals surface area contributed by atoms with E-state index in [1.807, 2.05) is 48.5 Å². The number of hydrogen-bond acceptors (Lipinski definition) is 4. The first kappa shape index (κ1) is 21.1. The third kappa shape index (κ3) is 4.21. The summed E-state index contributed by atoms with van der Waals surface area (Å²) in [7, 11) is 0. The number of carbonyl (C=O) groups excluding carboxylic acids is 1. The SMILES string of the molecule is CCCCC(=O)c1c(-c2ccc3c(Br)c(OCC(=O)O)ccc3c2)oc2ccccc12. The Balaban J connectivity index is 1.80. The van der Waals surface area contributed by atoms with E-state index in [0.717, 1.165) is 34.6 Å². The van der Waals surface area contributed by atoms with Crippen molar-refractivity contribution in [3.05, 3.63) is 64.6 Å². The highest BCUT2D eigenvalue weighted by Gasteiger charge is 2.22. The molecule has 0 aliphatic rings. The lowest BCUT2D eigenvalue weighted by Crippen LogP contribution is -2.09. The van der Waals surface area contributed by atoms with Crippen LogP contribution in [-0.4, -0.2) is 23.5 Å². The van der Waals surface area contributed by atoms with E-state index in [0.29, 0.717) is 33.5 Å². The van der Waals surface area contributed by atoms with Crippen molar-refractivity contribution >= 4 is 49.4 Å². The number of fused-ring (bicyclic) bond motifs is 2. The highest BCUT2D eigenvalue weighted by atomic mass is 79.9. The number of para-hydroxylation sites is 1. The van der Waals surface area contributed by atoms with Crippen LogP contribution in [0.5, 0.6) is 5.75 Å². The van der Waals surface area contributed by atoms with E-state index < -0.39 is 12.6 Å². The standard InChI is InChI=1S/C25H21BrO5/c1-2-3-7-19(27)23-18-6-4-5-8-20(18)31-25(23)16-9-11-17-15(13-16)10-12-21(24(17)26)30-14-22(28)29/h4-6,8-13H,2-3,7,14H2,1H3,(H,28,29). The van der Waals surface area contributed by atoms with Crippen LogP contribution in [0.1, 0.15) is 36.5 Å². The minimum absolute atomic E-state index is 0.0838. The molecule has 1 N–H and O–H groups in total. The summed E-state index contributed by atoms with van der Waals surface area (Å²) in [6, 6.07) is 17.0. The van der Waals surface area contributed by atoms with E-state index in [9.17, 15) is 9.59 Å². The summed E-state index contributed by atoms with van der Waals surface area (Å²) in [6.45, 7) is 1.65. The summed E-state index contributed by atoms with van der Waals surface area (Å²) >= 11 is 3.51. The fraction of sp³-hybridized carbons (Fsp3) is 0.200. The Morgan fingerprint density at radius 2 is 1.87 bits per heavy atom. The molecule has 0 fully saturated rings. The molecule has 1 aromatic heterocycles. The molecular weight excluding hydrogens is 460 g/mol. The first-order valence-electron chi connectivity index (χ1n) is 10.1. The van der Waals surface area contributed by atoms with E-state index in [4.69, 9.17) is 14.3 Å². The van der Waals surface area contributed by atoms with Crippen LogP contribution in [0.2, 0.25) is 0 Å². The molecule has 0 aliphatic heterocycles. The second-order valence-electron chi connectivity index (χ2n) is 7.33. The van der Waals surface area contributed by atoms with Crippen molar-refractivity contribution in [2.45, 2.75) is 26.2 Å². The van der Waals surface area contributed by atoms with E-state index >= 15 is 0 Å². The van der Waals surface area contributed by atoms with Gasteiger partial charge in [0.2, 0.25) is 0 Å². The summed E-state index contributed by atoms with van der Waals surface area (Å²) in [5, 5.41) is 11.5. The molecule has 0 saturated carbocycles. The van der Waals surface area contributed by atoms with E-state index in [2.05, 4.69) is 22.9 Å². The van der Waals surface area contributed by atoms with Gasteiger partial charge in [-0.25, -0.2) is 4.79 Å². The molecule has 6 heteroatoms. The van der Waals surface area contributed by atoms with Crippen LogP contribution < -0.4 is 4.74 Å². The Hall–Kier alpha value is -3.12. The first-order valence-corrected chi connectivity index (χ1v) is 10.9. The number of ether oxygens (including phenoxy) is 1. The third-order valence-electron chi connectivity index (χ3n) is 5.16. The maximum atomic E-state index is 13.0. The van der Waals surface area contributed by atoms with Gasteiger partial charge in [-0.3, -0.25) is 4.79 Å². The highest BCUT2D eigenvalue weighted by Crippen LogP contribution is 2.39. The van der Waals surface area contributed by atoms with Crippen LogP contribution in [0.4, 0.5) is 0 Å². The molecule has 158 valence electrons. The molecule has 0 unspecified atom stereocenters. The summed E-state index contributed by atoms with van der Waals surface area (Å²) < 4.78 is 12.2. The Labute approximate surface area is 187 Å². The molecule has 4 aromatic rings. The quantitative estimate of drug-likeness (QED) is 0.279. The van der Waals surface area contributed by atoms with E-state index in [1.165, 1.54) is 0 Å². The lowest BCUT2D eigenvalue weighted by atomic mass is 9.97. The number of furan rings is 1. The van der Waals surface area contributed by atoms with Crippen molar-refractivity contribution in [2.75, 3.05) is 6.61 Å². The Bertz CT molecular complexity index is 1290. The third-order valence-corrected chi connectivity index (χ3v) is 5.98. The predicted octanol–water partition coefficient (Wildman–Crippen LogP) is 6.85. The van der Waals surface area contributed by atoms with Gasteiger partial charge >= 0.3 is 5.97 Å². The van der Waals surface area contributed by atoms with Gasteiger partial charge in [0.1, 0.15) is 17.1 Å². The minimum atomic E-state index is -1.03. The number of carboxylic acid groups (broad SMARTS) is 1. The molecule has 0 amide bonds. The molecule has 0 saturated heterocycles. The van der Waals surface area contributed by atoms with Gasteiger partial charge in [0.25, 0.3) is 0 Å². The molecule has 0 spiro atoms. The van der Waals surface area contributed by atoms with Gasteiger partial charge < -0.3 is 14.3 Å². The average molecular weight is 481 g/mol. The Kier molecular flexibility index (Phi) is 6.09. The fourth-order valence-electron chi connectivity index (χ4n) is 3.65. The molecule has 0 atom stereocenters. The number of carboxylic acids is 1. The molecule has 0 bridgehead atoms. The van der Waals surface area contributed by atoms with Crippen molar-refractivity contribution in [2.24, 2.45) is 0 Å². The second-order valence-corrected chi connectivity index (χ2v) is 8.12. The van der Waals surface area contributed by atoms with Crippen molar-refractivity contribution < 1.29 is 23.8 Å². The normalized spacial score (nSPS) is 11.2. The van der Waals surface area contributed by atoms with Crippen molar-refractivity contribution in [3.8, 4) is 17.1 Å². The van der Waals surface area contributed by atoms with Crippen LogP contribution in [-0.2, 0) is 4.79 Å². The zero-order valence-electron chi connectivity index (χ0n) is 17.0. The minimum Gasteiger partial charge on any atom is -0.481 e. The molecule has 0 aliphatic carbocycles. The van der Waals surface area contributed by atoms with Crippen LogP contribution in [0.15, 0.2) is 63.5 Å². The molecule has 31 heavy (non-hydrogen) atoms. The average Bonchev–Trinajstić information content (AvgIpc) is 3.16. The smallest absolute Gasteiger partial charge is 0.341 e. The van der Waals surface area contributed by atoms with Gasteiger partial charge in [0, 0.05) is 17.4 Å². The fourth-order valence-corrected chi connectivity index (χ4v) is 4.26. The van der Waals surface area contributed by atoms with Crippen molar-refractivity contribution in [1.82, 2.24) is 0 Å². The summed E-state index contributed by atoms with van der Waals surface area (Å²) in [4.78, 5) is 23.8. The zero-order valence-corrected chi connectivity index (χ0v) is 18.6. The van der Waals surface area contributed by atoms with Gasteiger partial charge in [0.15, 0.2) is 12.4 Å². The number of unbranched alkanes of at least 4 members (excludes halogenated alkanes) is 1. The van der Waals surface area contributed by atoms with Crippen LogP contribution in [0.3, 0.4) is 0 Å². The Morgan fingerprint density at radius 1 is 1.06 bits per heavy atom. The molecule has 4 rings (SSSR count). The zero-order chi connectivity index (χ0) is 22.0. The van der Waals surface area contributed by atoms with E-state index in [1.54, 1.807) is 6.07 Å². The highest BCUT2D eigenvalue weighted by molar-refractivity contribution is 9.10. The first-order chi connectivity index (χ1) is 15.0. The number of benzene rings is 3. The topological polar surface area (TPSA) is 76.7 Å². The molecule has 0 radical (unpaired) electrons. The van der Waals surface area contributed by atoms with Gasteiger partial charge in [-0.2, -0.15) is 0 Å². The number of aliphatic carboxylic acids is 1. The maximum absolute atomic E-state index is 13.0. The van der Waals surface area contributed by atoms with Crippen LogP contribution in [0.25, 0.3) is 33.1 Å². The van der Waals surface area contributed by atoms with Crippen molar-refractivity contribution in [1.29, 1.82) is 0 Å². The lowest BCUT2D eigenvalue weighted by molar-refractivity contribution is -0.139. The monoisotopic (exact) mass is 480 g/mol. The van der Waals surface area contributed by atoms with Gasteiger partial charge in [0.05, 0.1) is 10.0 Å². The summed E-state index contributed by atoms with van der Waals surface area (Å²) in [5.74, 6) is 0.0846. The van der Waals surface area contributed by atoms with E-state index in [-0.39, 0.29) is 5.78 Å². The summed E-state index contributed by atoms with van der Waals surface area (Å²) in [6.07, 6.45) is 2.27. The van der Waals surface area contributed by atoms with Gasteiger partial charge in [-0.15, -0.1) is 0 Å². The molecule has 1 heterocycles. The number of carbonyl (C=O) groups is 2. The number of Topliss-reactive ketones (excluding diaryl/α,β-unsaturated/α-hetero) is 1. The second kappa shape index (κ2) is 8.94. The predicted molar refractivity (Wildman–Crippen MR) is 124 cm³/mol.